The van der Waals surface area contributed by atoms with Crippen molar-refractivity contribution in [1.29, 1.82) is 0 Å². The van der Waals surface area contributed by atoms with Gasteiger partial charge in [-0.2, -0.15) is 5.10 Å². The number of anilines is 1. The molecule has 2 amide bonds. The summed E-state index contributed by atoms with van der Waals surface area (Å²) in [4.78, 5) is 24.3. The fraction of sp³-hybridized carbons (Fsp3) is 0.737. The molecule has 1 aromatic rings. The topological polar surface area (TPSA) is 76.0 Å². The van der Waals surface area contributed by atoms with Crippen LogP contribution in [0, 0.1) is 6.92 Å². The van der Waals surface area contributed by atoms with Crippen molar-refractivity contribution < 1.29 is 9.59 Å². The zero-order chi connectivity index (χ0) is 18.1. The smallest absolute Gasteiger partial charge is 0.226 e. The lowest BCUT2D eigenvalue weighted by atomic mass is 10.1. The van der Waals surface area contributed by atoms with Crippen LogP contribution in [-0.4, -0.2) is 27.6 Å². The lowest BCUT2D eigenvalue weighted by molar-refractivity contribution is -0.125. The van der Waals surface area contributed by atoms with E-state index in [4.69, 9.17) is 0 Å². The molecule has 0 spiro atoms. The van der Waals surface area contributed by atoms with Gasteiger partial charge in [0.15, 0.2) is 0 Å². The SMILES string of the molecule is CCCCn1ncc(C)c1NC(=O)CCC(=O)NC1CCCCCC1. The number of hydrogen-bond donors (Lipinski definition) is 2. The Labute approximate surface area is 150 Å². The molecule has 0 aromatic carbocycles. The molecule has 2 rings (SSSR count). The van der Waals surface area contributed by atoms with Gasteiger partial charge in [-0.25, -0.2) is 4.68 Å². The third-order valence-electron chi connectivity index (χ3n) is 4.80. The predicted molar refractivity (Wildman–Crippen MR) is 99.4 cm³/mol. The van der Waals surface area contributed by atoms with E-state index in [0.29, 0.717) is 0 Å². The Balaban J connectivity index is 1.76. The molecule has 6 nitrogen and oxygen atoms in total. The molecule has 0 atom stereocenters. The van der Waals surface area contributed by atoms with E-state index in [2.05, 4.69) is 22.7 Å². The van der Waals surface area contributed by atoms with Gasteiger partial charge in [0.1, 0.15) is 5.82 Å². The number of hydrogen-bond acceptors (Lipinski definition) is 3. The van der Waals surface area contributed by atoms with Crippen LogP contribution in [-0.2, 0) is 16.1 Å². The molecular formula is C19H32N4O2. The number of carbonyl (C=O) groups excluding carboxylic acids is 2. The molecule has 140 valence electrons. The first-order valence-electron chi connectivity index (χ1n) is 9.71. The van der Waals surface area contributed by atoms with Crippen LogP contribution in [0.25, 0.3) is 0 Å². The van der Waals surface area contributed by atoms with Gasteiger partial charge in [0.2, 0.25) is 11.8 Å². The summed E-state index contributed by atoms with van der Waals surface area (Å²) >= 11 is 0. The molecule has 1 aromatic heterocycles. The Morgan fingerprint density at radius 2 is 1.84 bits per heavy atom. The molecule has 1 saturated carbocycles. The first-order valence-corrected chi connectivity index (χ1v) is 9.71. The van der Waals surface area contributed by atoms with Crippen LogP contribution in [0.4, 0.5) is 5.82 Å². The van der Waals surface area contributed by atoms with Gasteiger partial charge in [-0.05, 0) is 26.2 Å². The van der Waals surface area contributed by atoms with Crippen LogP contribution < -0.4 is 10.6 Å². The van der Waals surface area contributed by atoms with Crippen LogP contribution in [0.15, 0.2) is 6.20 Å². The first kappa shape index (κ1) is 19.5. The number of amides is 2. The second kappa shape index (κ2) is 10.2. The Morgan fingerprint density at radius 3 is 2.52 bits per heavy atom. The van der Waals surface area contributed by atoms with Gasteiger partial charge in [-0.15, -0.1) is 0 Å². The fourth-order valence-electron chi connectivity index (χ4n) is 3.26. The number of nitrogens with zero attached hydrogens (tertiary/aromatic N) is 2. The van der Waals surface area contributed by atoms with Crippen LogP contribution in [0.3, 0.4) is 0 Å². The molecule has 0 unspecified atom stereocenters. The number of aromatic nitrogens is 2. The normalized spacial score (nSPS) is 15.6. The average Bonchev–Trinajstić information content (AvgIpc) is 2.79. The zero-order valence-corrected chi connectivity index (χ0v) is 15.6. The molecule has 0 radical (unpaired) electrons. The van der Waals surface area contributed by atoms with E-state index in [1.807, 2.05) is 11.6 Å². The molecule has 0 saturated heterocycles. The molecule has 0 aliphatic heterocycles. The van der Waals surface area contributed by atoms with Crippen molar-refractivity contribution >= 4 is 17.6 Å². The minimum Gasteiger partial charge on any atom is -0.353 e. The molecule has 0 bridgehead atoms. The summed E-state index contributed by atoms with van der Waals surface area (Å²) in [6, 6.07) is 0.288. The summed E-state index contributed by atoms with van der Waals surface area (Å²) < 4.78 is 1.84. The average molecular weight is 348 g/mol. The summed E-state index contributed by atoms with van der Waals surface area (Å²) in [7, 11) is 0. The third kappa shape index (κ3) is 6.52. The molecule has 1 aliphatic rings. The number of aryl methyl sites for hydroxylation is 2. The molecule has 1 heterocycles. The Hall–Kier alpha value is -1.85. The quantitative estimate of drug-likeness (QED) is 0.705. The second-order valence-electron chi connectivity index (χ2n) is 7.06. The summed E-state index contributed by atoms with van der Waals surface area (Å²) in [6.45, 7) is 4.85. The monoisotopic (exact) mass is 348 g/mol. The van der Waals surface area contributed by atoms with E-state index in [1.54, 1.807) is 6.20 Å². The number of carbonyl (C=O) groups is 2. The minimum absolute atomic E-state index is 0.0155. The fourth-order valence-corrected chi connectivity index (χ4v) is 3.26. The van der Waals surface area contributed by atoms with Crippen molar-refractivity contribution in [3.8, 4) is 0 Å². The zero-order valence-electron chi connectivity index (χ0n) is 15.6. The number of rotatable bonds is 8. The Bertz CT molecular complexity index is 560. The van der Waals surface area contributed by atoms with E-state index in [1.165, 1.54) is 25.7 Å². The van der Waals surface area contributed by atoms with Gasteiger partial charge < -0.3 is 10.6 Å². The highest BCUT2D eigenvalue weighted by Crippen LogP contribution is 2.18. The molecule has 1 fully saturated rings. The van der Waals surface area contributed by atoms with Gasteiger partial charge in [-0.3, -0.25) is 9.59 Å². The highest BCUT2D eigenvalue weighted by molar-refractivity contribution is 5.93. The van der Waals surface area contributed by atoms with Crippen molar-refractivity contribution in [2.75, 3.05) is 5.32 Å². The first-order chi connectivity index (χ1) is 12.1. The summed E-state index contributed by atoms with van der Waals surface area (Å²) in [6.07, 6.45) is 11.3. The van der Waals surface area contributed by atoms with E-state index in [0.717, 1.165) is 43.6 Å². The molecule has 25 heavy (non-hydrogen) atoms. The van der Waals surface area contributed by atoms with Crippen molar-refractivity contribution in [2.45, 2.75) is 90.6 Å². The summed E-state index contributed by atoms with van der Waals surface area (Å²) in [5.41, 5.74) is 0.951. The predicted octanol–water partition coefficient (Wildman–Crippen LogP) is 3.55. The van der Waals surface area contributed by atoms with E-state index in [9.17, 15) is 9.59 Å². The van der Waals surface area contributed by atoms with Gasteiger partial charge in [0, 0.05) is 31.0 Å². The molecule has 2 N–H and O–H groups in total. The van der Waals surface area contributed by atoms with E-state index >= 15 is 0 Å². The van der Waals surface area contributed by atoms with Crippen LogP contribution in [0.2, 0.25) is 0 Å². The van der Waals surface area contributed by atoms with Gasteiger partial charge in [0.25, 0.3) is 0 Å². The highest BCUT2D eigenvalue weighted by atomic mass is 16.2. The molecule has 6 heteroatoms. The Morgan fingerprint density at radius 1 is 1.16 bits per heavy atom. The third-order valence-corrected chi connectivity index (χ3v) is 4.80. The maximum atomic E-state index is 12.2. The maximum Gasteiger partial charge on any atom is 0.226 e. The van der Waals surface area contributed by atoms with Crippen molar-refractivity contribution in [3.05, 3.63) is 11.8 Å². The molecular weight excluding hydrogens is 316 g/mol. The summed E-state index contributed by atoms with van der Waals surface area (Å²) in [5, 5.41) is 10.3. The number of unbranched alkanes of at least 4 members (excludes halogenated alkanes) is 1. The summed E-state index contributed by atoms with van der Waals surface area (Å²) in [5.74, 6) is 0.609. The Kier molecular flexibility index (Phi) is 7.95. The van der Waals surface area contributed by atoms with E-state index < -0.39 is 0 Å². The standard InChI is InChI=1S/C19H32N4O2/c1-3-4-13-23-19(15(2)14-20-23)22-18(25)12-11-17(24)21-16-9-7-5-6-8-10-16/h14,16H,3-13H2,1-2H3,(H,21,24)(H,22,25). The second-order valence-corrected chi connectivity index (χ2v) is 7.06. The van der Waals surface area contributed by atoms with E-state index in [-0.39, 0.29) is 30.7 Å². The molecule has 1 aliphatic carbocycles. The minimum atomic E-state index is -0.127. The number of nitrogens with one attached hydrogen (secondary N) is 2. The largest absolute Gasteiger partial charge is 0.353 e. The van der Waals surface area contributed by atoms with Crippen molar-refractivity contribution in [1.82, 2.24) is 15.1 Å². The highest BCUT2D eigenvalue weighted by Gasteiger charge is 2.16. The van der Waals surface area contributed by atoms with Crippen molar-refractivity contribution in [2.24, 2.45) is 0 Å². The van der Waals surface area contributed by atoms with Crippen LogP contribution >= 0.6 is 0 Å². The van der Waals surface area contributed by atoms with Gasteiger partial charge in [-0.1, -0.05) is 39.0 Å². The van der Waals surface area contributed by atoms with Crippen molar-refractivity contribution in [3.63, 3.8) is 0 Å². The lowest BCUT2D eigenvalue weighted by Crippen LogP contribution is -2.34. The van der Waals surface area contributed by atoms with Crippen LogP contribution in [0.5, 0.6) is 0 Å². The van der Waals surface area contributed by atoms with Gasteiger partial charge >= 0.3 is 0 Å². The maximum absolute atomic E-state index is 12.2. The van der Waals surface area contributed by atoms with Gasteiger partial charge in [0.05, 0.1) is 6.20 Å². The van der Waals surface area contributed by atoms with Crippen LogP contribution in [0.1, 0.15) is 76.7 Å². The lowest BCUT2D eigenvalue weighted by Gasteiger charge is -2.16.